The maximum atomic E-state index is 12.8. The van der Waals surface area contributed by atoms with Gasteiger partial charge in [0.25, 0.3) is 0 Å². The van der Waals surface area contributed by atoms with E-state index >= 15 is 0 Å². The third kappa shape index (κ3) is 2.96. The number of nitriles is 2. The van der Waals surface area contributed by atoms with Crippen LogP contribution in [0.15, 0.2) is 24.3 Å². The number of nitrogens with zero attached hydrogens (tertiary/aromatic N) is 5. The number of ether oxygens (including phenoxy) is 1. The Labute approximate surface area is 168 Å². The number of hydrogen-bond donors (Lipinski definition) is 0. The molecule has 1 fully saturated rings. The summed E-state index contributed by atoms with van der Waals surface area (Å²) in [7, 11) is 0. The monoisotopic (exact) mass is 387 g/mol. The van der Waals surface area contributed by atoms with E-state index < -0.39 is 5.97 Å². The van der Waals surface area contributed by atoms with Gasteiger partial charge in [0, 0.05) is 24.6 Å². The van der Waals surface area contributed by atoms with Gasteiger partial charge in [-0.3, -0.25) is 4.40 Å². The minimum absolute atomic E-state index is 0.0458. The van der Waals surface area contributed by atoms with Gasteiger partial charge in [-0.25, -0.2) is 9.78 Å². The standard InChI is InChI=1S/C22H21N5O2/c1-3-29-22(28)19-14(2)21(26-10-8-15(12-23)9-11-26)27-18-7-5-4-6-17(18)25-20(27)16(19)13-24/h4-7,15H,3,8-11H2,1-2H3. The number of fused-ring (bicyclic) bond motifs is 3. The van der Waals surface area contributed by atoms with Gasteiger partial charge in [0.15, 0.2) is 5.65 Å². The van der Waals surface area contributed by atoms with Crippen LogP contribution >= 0.6 is 0 Å². The van der Waals surface area contributed by atoms with E-state index in [1.165, 1.54) is 0 Å². The van der Waals surface area contributed by atoms with Crippen molar-refractivity contribution in [1.29, 1.82) is 10.5 Å². The van der Waals surface area contributed by atoms with Crippen LogP contribution in [0.25, 0.3) is 16.7 Å². The lowest BCUT2D eigenvalue weighted by atomic mass is 9.97. The quantitative estimate of drug-likeness (QED) is 0.638. The van der Waals surface area contributed by atoms with Crippen LogP contribution in [0.2, 0.25) is 0 Å². The van der Waals surface area contributed by atoms with Crippen LogP contribution in [-0.2, 0) is 4.74 Å². The summed E-state index contributed by atoms with van der Waals surface area (Å²) >= 11 is 0. The number of esters is 1. The minimum Gasteiger partial charge on any atom is -0.462 e. The summed E-state index contributed by atoms with van der Waals surface area (Å²) in [6, 6.07) is 12.2. The molecule has 0 N–H and O–H groups in total. The summed E-state index contributed by atoms with van der Waals surface area (Å²) in [5.74, 6) is 0.376. The normalized spacial score (nSPS) is 14.7. The first-order valence-corrected chi connectivity index (χ1v) is 9.76. The zero-order chi connectivity index (χ0) is 20.5. The first kappa shape index (κ1) is 18.8. The number of hydrogen-bond acceptors (Lipinski definition) is 6. The Balaban J connectivity index is 2.05. The Morgan fingerprint density at radius 2 is 2.00 bits per heavy atom. The number of pyridine rings is 1. The summed E-state index contributed by atoms with van der Waals surface area (Å²) in [5, 5.41) is 19.1. The van der Waals surface area contributed by atoms with E-state index in [1.54, 1.807) is 6.92 Å². The summed E-state index contributed by atoms with van der Waals surface area (Å²) in [6.45, 7) is 5.24. The van der Waals surface area contributed by atoms with Crippen molar-refractivity contribution >= 4 is 28.5 Å². The fraction of sp³-hybridized carbons (Fsp3) is 0.364. The molecule has 0 saturated carbocycles. The van der Waals surface area contributed by atoms with Crippen LogP contribution in [0.4, 0.5) is 5.82 Å². The molecule has 7 nitrogen and oxygen atoms in total. The molecule has 0 unspecified atom stereocenters. The number of carbonyl (C=O) groups is 1. The molecule has 1 aliphatic rings. The average Bonchev–Trinajstić information content (AvgIpc) is 3.12. The van der Waals surface area contributed by atoms with Crippen molar-refractivity contribution in [2.24, 2.45) is 5.92 Å². The van der Waals surface area contributed by atoms with Crippen molar-refractivity contribution < 1.29 is 9.53 Å². The molecule has 4 rings (SSSR count). The first-order valence-electron chi connectivity index (χ1n) is 9.76. The van der Waals surface area contributed by atoms with Gasteiger partial charge in [0.2, 0.25) is 0 Å². The molecule has 1 aromatic carbocycles. The number of imidazole rings is 1. The first-order chi connectivity index (χ1) is 14.1. The highest BCUT2D eigenvalue weighted by Gasteiger charge is 2.29. The molecule has 0 bridgehead atoms. The largest absolute Gasteiger partial charge is 0.462 e. The highest BCUT2D eigenvalue weighted by atomic mass is 16.5. The second-order valence-corrected chi connectivity index (χ2v) is 7.18. The topological polar surface area (TPSA) is 94.4 Å². The van der Waals surface area contributed by atoms with Crippen molar-refractivity contribution in [1.82, 2.24) is 9.38 Å². The van der Waals surface area contributed by atoms with Crippen LogP contribution in [0, 0.1) is 35.5 Å². The molecule has 3 heterocycles. The molecule has 0 aliphatic carbocycles. The van der Waals surface area contributed by atoms with Crippen molar-refractivity contribution in [3.05, 3.63) is 41.0 Å². The Bertz CT molecular complexity index is 1190. The van der Waals surface area contributed by atoms with Crippen molar-refractivity contribution in [2.45, 2.75) is 26.7 Å². The molecular formula is C22H21N5O2. The summed E-state index contributed by atoms with van der Waals surface area (Å²) in [6.07, 6.45) is 1.53. The Kier molecular flexibility index (Phi) is 4.82. The number of piperidine rings is 1. The zero-order valence-electron chi connectivity index (χ0n) is 16.5. The second kappa shape index (κ2) is 7.44. The number of benzene rings is 1. The predicted molar refractivity (Wildman–Crippen MR) is 109 cm³/mol. The molecule has 0 amide bonds. The lowest BCUT2D eigenvalue weighted by Gasteiger charge is -2.33. The number of carbonyl (C=O) groups excluding carboxylic acids is 1. The molecule has 0 spiro atoms. The van der Waals surface area contributed by atoms with Crippen LogP contribution in [0.3, 0.4) is 0 Å². The van der Waals surface area contributed by atoms with Gasteiger partial charge in [-0.15, -0.1) is 0 Å². The highest BCUT2D eigenvalue weighted by Crippen LogP contribution is 2.35. The van der Waals surface area contributed by atoms with E-state index in [4.69, 9.17) is 4.74 Å². The van der Waals surface area contributed by atoms with Crippen LogP contribution in [-0.4, -0.2) is 35.1 Å². The predicted octanol–water partition coefficient (Wildman–Crippen LogP) is 3.58. The van der Waals surface area contributed by atoms with Gasteiger partial charge in [-0.2, -0.15) is 10.5 Å². The molecule has 29 heavy (non-hydrogen) atoms. The number of anilines is 1. The van der Waals surface area contributed by atoms with E-state index in [2.05, 4.69) is 22.0 Å². The number of aromatic nitrogens is 2. The van der Waals surface area contributed by atoms with E-state index in [9.17, 15) is 15.3 Å². The van der Waals surface area contributed by atoms with Gasteiger partial charge in [0.1, 0.15) is 17.5 Å². The van der Waals surface area contributed by atoms with E-state index in [1.807, 2.05) is 35.6 Å². The van der Waals surface area contributed by atoms with Crippen molar-refractivity contribution in [3.63, 3.8) is 0 Å². The summed E-state index contributed by atoms with van der Waals surface area (Å²) in [5.41, 5.74) is 3.31. The van der Waals surface area contributed by atoms with E-state index in [0.717, 1.165) is 29.7 Å². The molecule has 146 valence electrons. The molecule has 1 aliphatic heterocycles. The van der Waals surface area contributed by atoms with Crippen LogP contribution in [0.1, 0.15) is 41.3 Å². The molecular weight excluding hydrogens is 366 g/mol. The van der Waals surface area contributed by atoms with Gasteiger partial charge in [-0.05, 0) is 38.8 Å². The van der Waals surface area contributed by atoms with Gasteiger partial charge >= 0.3 is 5.97 Å². The maximum absolute atomic E-state index is 12.8. The SMILES string of the molecule is CCOC(=O)c1c(C)c(N2CCC(C#N)CC2)n2c(nc3ccccc32)c1C#N. The highest BCUT2D eigenvalue weighted by molar-refractivity contribution is 5.99. The molecule has 2 aromatic heterocycles. The fourth-order valence-electron chi connectivity index (χ4n) is 4.15. The van der Waals surface area contributed by atoms with E-state index in [-0.39, 0.29) is 23.7 Å². The molecule has 3 aromatic rings. The molecule has 1 saturated heterocycles. The van der Waals surface area contributed by atoms with Gasteiger partial charge < -0.3 is 9.64 Å². The van der Waals surface area contributed by atoms with Gasteiger partial charge in [0.05, 0.1) is 29.3 Å². The lowest BCUT2D eigenvalue weighted by Crippen LogP contribution is -2.35. The Morgan fingerprint density at radius 1 is 1.28 bits per heavy atom. The average molecular weight is 387 g/mol. The smallest absolute Gasteiger partial charge is 0.340 e. The lowest BCUT2D eigenvalue weighted by molar-refractivity contribution is 0.0525. The molecule has 7 heteroatoms. The van der Waals surface area contributed by atoms with Crippen LogP contribution < -0.4 is 4.90 Å². The summed E-state index contributed by atoms with van der Waals surface area (Å²) < 4.78 is 7.23. The second-order valence-electron chi connectivity index (χ2n) is 7.18. The number of para-hydroxylation sites is 2. The molecule has 0 atom stereocenters. The Morgan fingerprint density at radius 3 is 2.66 bits per heavy atom. The maximum Gasteiger partial charge on any atom is 0.340 e. The number of rotatable bonds is 3. The van der Waals surface area contributed by atoms with Gasteiger partial charge in [-0.1, -0.05) is 12.1 Å². The van der Waals surface area contributed by atoms with E-state index in [0.29, 0.717) is 24.3 Å². The Hall–Kier alpha value is -3.58. The fourth-order valence-corrected chi connectivity index (χ4v) is 4.15. The third-order valence-corrected chi connectivity index (χ3v) is 5.53. The third-order valence-electron chi connectivity index (χ3n) is 5.53. The minimum atomic E-state index is -0.510. The van der Waals surface area contributed by atoms with Crippen LogP contribution in [0.5, 0.6) is 0 Å². The molecule has 0 radical (unpaired) electrons. The van der Waals surface area contributed by atoms with Crippen molar-refractivity contribution in [2.75, 3.05) is 24.6 Å². The summed E-state index contributed by atoms with van der Waals surface area (Å²) in [4.78, 5) is 19.6. The van der Waals surface area contributed by atoms with Crippen molar-refractivity contribution in [3.8, 4) is 12.1 Å². The zero-order valence-corrected chi connectivity index (χ0v) is 16.5.